The number of rotatable bonds is 3. The van der Waals surface area contributed by atoms with Crippen LogP contribution in [0.2, 0.25) is 0 Å². The van der Waals surface area contributed by atoms with Crippen molar-refractivity contribution in [3.8, 4) is 0 Å². The quantitative estimate of drug-likeness (QED) is 0.805. The number of hydrogen-bond donors (Lipinski definition) is 0. The molecule has 0 amide bonds. The van der Waals surface area contributed by atoms with Crippen molar-refractivity contribution in [2.45, 2.75) is 19.3 Å². The third-order valence-corrected chi connectivity index (χ3v) is 4.48. The van der Waals surface area contributed by atoms with Gasteiger partial charge >= 0.3 is 0 Å². The first-order chi connectivity index (χ1) is 9.15. The Bertz CT molecular complexity index is 631. The Balaban J connectivity index is 1.90. The van der Waals surface area contributed by atoms with Gasteiger partial charge in [-0.2, -0.15) is 0 Å². The highest BCUT2D eigenvalue weighted by molar-refractivity contribution is 7.13. The maximum atomic E-state index is 12.4. The molecule has 0 fully saturated rings. The van der Waals surface area contributed by atoms with E-state index in [1.165, 1.54) is 28.9 Å². The minimum Gasteiger partial charge on any atom is -0.354 e. The molecule has 0 radical (unpaired) electrons. The highest BCUT2D eigenvalue weighted by Crippen LogP contribution is 2.25. The average molecular weight is 272 g/mol. The van der Waals surface area contributed by atoms with E-state index in [-0.39, 0.29) is 5.78 Å². The Morgan fingerprint density at radius 1 is 1.26 bits per heavy atom. The van der Waals surface area contributed by atoms with Gasteiger partial charge < -0.3 is 4.90 Å². The topological polar surface area (TPSA) is 33.2 Å². The van der Waals surface area contributed by atoms with Gasteiger partial charge in [0.05, 0.1) is 0 Å². The molecule has 0 unspecified atom stereocenters. The summed E-state index contributed by atoms with van der Waals surface area (Å²) in [5.74, 6) is 0.0269. The van der Waals surface area contributed by atoms with Crippen LogP contribution in [0.15, 0.2) is 23.6 Å². The number of benzene rings is 1. The van der Waals surface area contributed by atoms with Gasteiger partial charge in [-0.1, -0.05) is 12.1 Å². The molecule has 0 aliphatic heterocycles. The molecule has 3 nitrogen and oxygen atoms in total. The smallest absolute Gasteiger partial charge is 0.212 e. The molecule has 0 saturated heterocycles. The summed E-state index contributed by atoms with van der Waals surface area (Å²) in [5.41, 5.74) is 4.03. The summed E-state index contributed by atoms with van der Waals surface area (Å²) >= 11 is 1.50. The Hall–Kier alpha value is -1.68. The van der Waals surface area contributed by atoms with Gasteiger partial charge in [-0.3, -0.25) is 4.79 Å². The summed E-state index contributed by atoms with van der Waals surface area (Å²) in [6, 6.07) is 6.06. The third kappa shape index (κ3) is 2.28. The highest BCUT2D eigenvalue weighted by atomic mass is 32.1. The Morgan fingerprint density at radius 2 is 2.05 bits per heavy atom. The molecule has 98 valence electrons. The van der Waals surface area contributed by atoms with E-state index in [4.69, 9.17) is 0 Å². The van der Waals surface area contributed by atoms with E-state index >= 15 is 0 Å². The number of nitrogens with zero attached hydrogens (tertiary/aromatic N) is 2. The zero-order valence-electron chi connectivity index (χ0n) is 11.1. The molecule has 1 heterocycles. The molecular formula is C15H16N2OS. The van der Waals surface area contributed by atoms with Crippen LogP contribution < -0.4 is 4.90 Å². The van der Waals surface area contributed by atoms with Crippen LogP contribution in [0.25, 0.3) is 0 Å². The lowest BCUT2D eigenvalue weighted by Gasteiger charge is -2.05. The van der Waals surface area contributed by atoms with Crippen molar-refractivity contribution >= 4 is 22.3 Å². The lowest BCUT2D eigenvalue weighted by atomic mass is 10.0. The molecule has 1 aliphatic carbocycles. The van der Waals surface area contributed by atoms with Gasteiger partial charge in [-0.05, 0) is 36.5 Å². The molecule has 0 saturated carbocycles. The molecule has 2 aromatic rings. The maximum Gasteiger partial charge on any atom is 0.212 e. The molecule has 3 rings (SSSR count). The number of hydrogen-bond acceptors (Lipinski definition) is 4. The Kier molecular flexibility index (Phi) is 3.11. The van der Waals surface area contributed by atoms with Crippen LogP contribution in [0, 0.1) is 0 Å². The van der Waals surface area contributed by atoms with Gasteiger partial charge in [0.2, 0.25) is 5.78 Å². The van der Waals surface area contributed by atoms with Crippen molar-refractivity contribution in [2.24, 2.45) is 0 Å². The van der Waals surface area contributed by atoms with E-state index in [0.717, 1.165) is 23.5 Å². The van der Waals surface area contributed by atoms with Crippen LogP contribution in [0.4, 0.5) is 5.13 Å². The first-order valence-corrected chi connectivity index (χ1v) is 7.32. The van der Waals surface area contributed by atoms with E-state index < -0.39 is 0 Å². The zero-order chi connectivity index (χ0) is 13.4. The lowest BCUT2D eigenvalue weighted by Crippen LogP contribution is -2.09. The van der Waals surface area contributed by atoms with Gasteiger partial charge in [-0.15, -0.1) is 11.3 Å². The number of carbonyl (C=O) groups is 1. The van der Waals surface area contributed by atoms with Crippen molar-refractivity contribution < 1.29 is 4.79 Å². The summed E-state index contributed by atoms with van der Waals surface area (Å²) in [7, 11) is 3.87. The van der Waals surface area contributed by atoms with E-state index in [0.29, 0.717) is 5.69 Å². The van der Waals surface area contributed by atoms with Gasteiger partial charge in [0.1, 0.15) is 5.69 Å². The van der Waals surface area contributed by atoms with Gasteiger partial charge in [-0.25, -0.2) is 4.98 Å². The standard InChI is InChI=1S/C15H16N2OS/c1-17(2)15-16-13(9-19-15)14(18)12-7-6-10-4-3-5-11(10)8-12/h6-9H,3-5H2,1-2H3. The molecule has 1 aromatic heterocycles. The zero-order valence-corrected chi connectivity index (χ0v) is 12.0. The molecule has 4 heteroatoms. The van der Waals surface area contributed by atoms with Crippen LogP contribution in [-0.4, -0.2) is 24.9 Å². The number of thiazole rings is 1. The first-order valence-electron chi connectivity index (χ1n) is 6.44. The van der Waals surface area contributed by atoms with Crippen molar-refractivity contribution in [3.05, 3.63) is 46.0 Å². The van der Waals surface area contributed by atoms with E-state index in [2.05, 4.69) is 11.1 Å². The second-order valence-corrected chi connectivity index (χ2v) is 5.91. The fourth-order valence-corrected chi connectivity index (χ4v) is 3.17. The molecular weight excluding hydrogens is 256 g/mol. The number of fused-ring (bicyclic) bond motifs is 1. The largest absolute Gasteiger partial charge is 0.354 e. The number of aryl methyl sites for hydroxylation is 2. The summed E-state index contributed by atoms with van der Waals surface area (Å²) in [6.45, 7) is 0. The molecule has 19 heavy (non-hydrogen) atoms. The minimum atomic E-state index is 0.0269. The summed E-state index contributed by atoms with van der Waals surface area (Å²) < 4.78 is 0. The third-order valence-electron chi connectivity index (χ3n) is 3.47. The van der Waals surface area contributed by atoms with Crippen LogP contribution in [0.1, 0.15) is 33.6 Å². The second-order valence-electron chi connectivity index (χ2n) is 5.08. The number of anilines is 1. The molecule has 1 aromatic carbocycles. The Labute approximate surface area is 116 Å². The fraction of sp³-hybridized carbons (Fsp3) is 0.333. The van der Waals surface area contributed by atoms with E-state index in [1.807, 2.05) is 36.5 Å². The fourth-order valence-electron chi connectivity index (χ4n) is 2.43. The molecule has 1 aliphatic rings. The number of aromatic nitrogens is 1. The van der Waals surface area contributed by atoms with Crippen molar-refractivity contribution in [1.82, 2.24) is 4.98 Å². The lowest BCUT2D eigenvalue weighted by molar-refractivity contribution is 0.103. The van der Waals surface area contributed by atoms with Crippen molar-refractivity contribution in [2.75, 3.05) is 19.0 Å². The average Bonchev–Trinajstić information content (AvgIpc) is 3.06. The molecule has 0 bridgehead atoms. The summed E-state index contributed by atoms with van der Waals surface area (Å²) in [5, 5.41) is 2.70. The van der Waals surface area contributed by atoms with Crippen molar-refractivity contribution in [1.29, 1.82) is 0 Å². The summed E-state index contributed by atoms with van der Waals surface area (Å²) in [4.78, 5) is 18.7. The SMILES string of the molecule is CN(C)c1nc(C(=O)c2ccc3c(c2)CCC3)cs1. The molecule has 0 spiro atoms. The van der Waals surface area contributed by atoms with Gasteiger partial charge in [0, 0.05) is 25.0 Å². The number of carbonyl (C=O) groups excluding carboxylic acids is 1. The first kappa shape index (κ1) is 12.4. The highest BCUT2D eigenvalue weighted by Gasteiger charge is 2.17. The second kappa shape index (κ2) is 4.78. The predicted octanol–water partition coefficient (Wildman–Crippen LogP) is 2.93. The van der Waals surface area contributed by atoms with Crippen LogP contribution >= 0.6 is 11.3 Å². The summed E-state index contributed by atoms with van der Waals surface area (Å²) in [6.07, 6.45) is 3.44. The maximum absolute atomic E-state index is 12.4. The van der Waals surface area contributed by atoms with Crippen LogP contribution in [0.5, 0.6) is 0 Å². The van der Waals surface area contributed by atoms with Crippen molar-refractivity contribution in [3.63, 3.8) is 0 Å². The molecule has 0 atom stereocenters. The Morgan fingerprint density at radius 3 is 2.79 bits per heavy atom. The van der Waals surface area contributed by atoms with E-state index in [9.17, 15) is 4.79 Å². The molecule has 0 N–H and O–H groups in total. The normalized spacial score (nSPS) is 13.4. The van der Waals surface area contributed by atoms with Gasteiger partial charge in [0.15, 0.2) is 5.13 Å². The van der Waals surface area contributed by atoms with Crippen LogP contribution in [0.3, 0.4) is 0 Å². The van der Waals surface area contributed by atoms with E-state index in [1.54, 1.807) is 0 Å². The predicted molar refractivity (Wildman–Crippen MR) is 78.3 cm³/mol. The number of ketones is 1. The monoisotopic (exact) mass is 272 g/mol. The minimum absolute atomic E-state index is 0.0269. The van der Waals surface area contributed by atoms with Crippen LogP contribution in [-0.2, 0) is 12.8 Å². The van der Waals surface area contributed by atoms with Gasteiger partial charge in [0.25, 0.3) is 0 Å².